The minimum Gasteiger partial charge on any atom is -0.492 e. The van der Waals surface area contributed by atoms with Crippen molar-refractivity contribution in [3.63, 3.8) is 0 Å². The maximum absolute atomic E-state index is 12.4. The van der Waals surface area contributed by atoms with Crippen LogP contribution in [0.1, 0.15) is 27.6 Å². The van der Waals surface area contributed by atoms with Crippen LogP contribution in [-0.4, -0.2) is 48.2 Å². The normalized spacial score (nSPS) is 10.8. The summed E-state index contributed by atoms with van der Waals surface area (Å²) in [6.07, 6.45) is 0. The molecule has 3 rings (SSSR count). The van der Waals surface area contributed by atoms with E-state index in [0.717, 1.165) is 17.9 Å². The molecule has 0 saturated carbocycles. The molecule has 8 heteroatoms. The van der Waals surface area contributed by atoms with E-state index in [-0.39, 0.29) is 12.5 Å². The van der Waals surface area contributed by atoms with Gasteiger partial charge >= 0.3 is 0 Å². The number of benzene rings is 2. The van der Waals surface area contributed by atoms with Gasteiger partial charge in [0.2, 0.25) is 11.7 Å². The van der Waals surface area contributed by atoms with Gasteiger partial charge in [0.05, 0.1) is 0 Å². The number of hydrogen-bond acceptors (Lipinski definition) is 7. The Kier molecular flexibility index (Phi) is 7.40. The van der Waals surface area contributed by atoms with Crippen molar-refractivity contribution in [3.8, 4) is 11.5 Å². The zero-order chi connectivity index (χ0) is 21.3. The Morgan fingerprint density at radius 1 is 1.10 bits per heavy atom. The van der Waals surface area contributed by atoms with E-state index in [0.29, 0.717) is 36.2 Å². The maximum Gasteiger partial charge on any atom is 0.251 e. The van der Waals surface area contributed by atoms with E-state index in [1.165, 1.54) is 0 Å². The van der Waals surface area contributed by atoms with E-state index in [2.05, 4.69) is 20.4 Å². The van der Waals surface area contributed by atoms with E-state index < -0.39 is 0 Å². The number of rotatable bonds is 10. The summed E-state index contributed by atoms with van der Waals surface area (Å²) in [5.41, 5.74) is 1.53. The third-order valence-corrected chi connectivity index (χ3v) is 4.21. The van der Waals surface area contributed by atoms with Crippen molar-refractivity contribution in [2.75, 3.05) is 27.2 Å². The largest absolute Gasteiger partial charge is 0.492 e. The first-order valence-electron chi connectivity index (χ1n) is 9.66. The van der Waals surface area contributed by atoms with Crippen molar-refractivity contribution in [1.29, 1.82) is 0 Å². The van der Waals surface area contributed by atoms with E-state index in [9.17, 15) is 4.79 Å². The van der Waals surface area contributed by atoms with E-state index in [4.69, 9.17) is 14.0 Å². The summed E-state index contributed by atoms with van der Waals surface area (Å²) in [5, 5.41) is 6.69. The van der Waals surface area contributed by atoms with E-state index in [1.54, 1.807) is 31.2 Å². The molecule has 0 spiro atoms. The van der Waals surface area contributed by atoms with E-state index >= 15 is 0 Å². The minimum absolute atomic E-state index is 0.158. The average molecular weight is 410 g/mol. The number of ether oxygens (including phenoxy) is 2. The highest BCUT2D eigenvalue weighted by Gasteiger charge is 2.08. The number of carbonyl (C=O) groups excluding carboxylic acids is 1. The number of nitrogens with one attached hydrogen (secondary N) is 1. The molecule has 0 aliphatic carbocycles. The zero-order valence-corrected chi connectivity index (χ0v) is 17.4. The summed E-state index contributed by atoms with van der Waals surface area (Å²) in [6, 6.07) is 14.6. The Morgan fingerprint density at radius 2 is 1.90 bits per heavy atom. The second-order valence-electron chi connectivity index (χ2n) is 7.02. The number of carbonyl (C=O) groups is 1. The smallest absolute Gasteiger partial charge is 0.251 e. The van der Waals surface area contributed by atoms with Crippen LogP contribution in [0.15, 0.2) is 53.1 Å². The third kappa shape index (κ3) is 6.59. The van der Waals surface area contributed by atoms with Crippen LogP contribution in [-0.2, 0) is 13.2 Å². The summed E-state index contributed by atoms with van der Waals surface area (Å²) >= 11 is 0. The highest BCUT2D eigenvalue weighted by atomic mass is 16.5. The Bertz CT molecular complexity index is 954. The highest BCUT2D eigenvalue weighted by Crippen LogP contribution is 2.15. The molecule has 8 nitrogen and oxygen atoms in total. The molecule has 0 unspecified atom stereocenters. The van der Waals surface area contributed by atoms with Crippen LogP contribution in [0.25, 0.3) is 0 Å². The Balaban J connectivity index is 1.47. The van der Waals surface area contributed by atoms with Gasteiger partial charge in [-0.2, -0.15) is 4.98 Å². The first-order valence-corrected chi connectivity index (χ1v) is 9.66. The fourth-order valence-corrected chi connectivity index (χ4v) is 2.63. The summed E-state index contributed by atoms with van der Waals surface area (Å²) in [4.78, 5) is 18.6. The van der Waals surface area contributed by atoms with E-state index in [1.807, 2.05) is 38.4 Å². The Labute approximate surface area is 175 Å². The van der Waals surface area contributed by atoms with Crippen molar-refractivity contribution in [3.05, 3.63) is 71.4 Å². The third-order valence-electron chi connectivity index (χ3n) is 4.21. The monoisotopic (exact) mass is 410 g/mol. The highest BCUT2D eigenvalue weighted by molar-refractivity contribution is 5.94. The second-order valence-corrected chi connectivity index (χ2v) is 7.02. The van der Waals surface area contributed by atoms with Gasteiger partial charge in [-0.05, 0) is 56.1 Å². The number of hydrogen-bond donors (Lipinski definition) is 1. The predicted octanol–water partition coefficient (Wildman–Crippen LogP) is 2.83. The molecule has 1 aromatic heterocycles. The summed E-state index contributed by atoms with van der Waals surface area (Å²) < 4.78 is 16.2. The van der Waals surface area contributed by atoms with Crippen LogP contribution >= 0.6 is 0 Å². The molecule has 1 amide bonds. The molecule has 3 aromatic rings. The van der Waals surface area contributed by atoms with Crippen molar-refractivity contribution >= 4 is 5.91 Å². The standard InChI is InChI=1S/C22H26N4O4/c1-16-24-21(25-30-16)15-29-19-9-7-18(8-10-19)22(27)23-14-17-5-4-6-20(13-17)28-12-11-26(2)3/h4-10,13H,11-12,14-15H2,1-3H3,(H,23,27). The molecule has 0 radical (unpaired) electrons. The molecule has 0 bridgehead atoms. The molecule has 30 heavy (non-hydrogen) atoms. The molecule has 1 heterocycles. The second kappa shape index (κ2) is 10.4. The Hall–Kier alpha value is -3.39. The maximum atomic E-state index is 12.4. The van der Waals surface area contributed by atoms with Crippen molar-refractivity contribution in [1.82, 2.24) is 20.4 Å². The first kappa shape index (κ1) is 21.3. The molecule has 158 valence electrons. The molecular weight excluding hydrogens is 384 g/mol. The van der Waals surface area contributed by atoms with Gasteiger partial charge in [-0.15, -0.1) is 0 Å². The van der Waals surface area contributed by atoms with Crippen molar-refractivity contribution in [2.45, 2.75) is 20.1 Å². The molecular formula is C22H26N4O4. The molecule has 0 aliphatic rings. The molecule has 0 fully saturated rings. The fourth-order valence-electron chi connectivity index (χ4n) is 2.63. The lowest BCUT2D eigenvalue weighted by atomic mass is 10.2. The molecule has 0 aliphatic heterocycles. The predicted molar refractivity (Wildman–Crippen MR) is 111 cm³/mol. The SMILES string of the molecule is Cc1nc(COc2ccc(C(=O)NCc3cccc(OCCN(C)C)c3)cc2)no1. The number of nitrogens with zero attached hydrogens (tertiary/aromatic N) is 3. The topological polar surface area (TPSA) is 89.7 Å². The zero-order valence-electron chi connectivity index (χ0n) is 17.4. The van der Waals surface area contributed by atoms with Gasteiger partial charge in [-0.25, -0.2) is 0 Å². The van der Waals surface area contributed by atoms with Gasteiger partial charge < -0.3 is 24.2 Å². The molecule has 0 saturated heterocycles. The number of aryl methyl sites for hydroxylation is 1. The van der Waals surface area contributed by atoms with Gasteiger partial charge in [0.25, 0.3) is 5.91 Å². The van der Waals surface area contributed by atoms with Crippen LogP contribution in [0.3, 0.4) is 0 Å². The van der Waals surface area contributed by atoms with Crippen LogP contribution in [0.5, 0.6) is 11.5 Å². The number of amides is 1. The minimum atomic E-state index is -0.158. The lowest BCUT2D eigenvalue weighted by Crippen LogP contribution is -2.22. The van der Waals surface area contributed by atoms with Crippen LogP contribution in [0.2, 0.25) is 0 Å². The van der Waals surface area contributed by atoms with Crippen LogP contribution in [0, 0.1) is 6.92 Å². The van der Waals surface area contributed by atoms with Crippen LogP contribution in [0.4, 0.5) is 0 Å². The summed E-state index contributed by atoms with van der Waals surface area (Å²) in [5.74, 6) is 2.22. The fraction of sp³-hybridized carbons (Fsp3) is 0.318. The summed E-state index contributed by atoms with van der Waals surface area (Å²) in [6.45, 7) is 3.80. The van der Waals surface area contributed by atoms with Gasteiger partial charge in [-0.3, -0.25) is 4.79 Å². The number of likely N-dealkylation sites (N-methyl/N-ethyl adjacent to an activating group) is 1. The van der Waals surface area contributed by atoms with Crippen molar-refractivity contribution in [2.24, 2.45) is 0 Å². The lowest BCUT2D eigenvalue weighted by Gasteiger charge is -2.12. The van der Waals surface area contributed by atoms with Gasteiger partial charge in [0, 0.05) is 25.6 Å². The lowest BCUT2D eigenvalue weighted by molar-refractivity contribution is 0.0950. The number of aromatic nitrogens is 2. The molecule has 2 aromatic carbocycles. The quantitative estimate of drug-likeness (QED) is 0.550. The van der Waals surface area contributed by atoms with Gasteiger partial charge in [-0.1, -0.05) is 17.3 Å². The van der Waals surface area contributed by atoms with Crippen molar-refractivity contribution < 1.29 is 18.8 Å². The summed E-state index contributed by atoms with van der Waals surface area (Å²) in [7, 11) is 4.01. The molecule has 0 atom stereocenters. The van der Waals surface area contributed by atoms with Crippen LogP contribution < -0.4 is 14.8 Å². The first-order chi connectivity index (χ1) is 14.5. The van der Waals surface area contributed by atoms with Gasteiger partial charge in [0.1, 0.15) is 18.1 Å². The molecule has 1 N–H and O–H groups in total. The Morgan fingerprint density at radius 3 is 2.60 bits per heavy atom. The average Bonchev–Trinajstić information content (AvgIpc) is 3.16. The van der Waals surface area contributed by atoms with Gasteiger partial charge in [0.15, 0.2) is 6.61 Å².